The first kappa shape index (κ1) is 15.6. The van der Waals surface area contributed by atoms with E-state index in [1.54, 1.807) is 0 Å². The molecule has 2 fully saturated rings. The number of hydrogen-bond acceptors (Lipinski definition) is 2. The first-order chi connectivity index (χ1) is 10.6. The number of fused-ring (bicyclic) bond motifs is 1. The monoisotopic (exact) mass is 303 g/mol. The Morgan fingerprint density at radius 1 is 1.14 bits per heavy atom. The van der Waals surface area contributed by atoms with Gasteiger partial charge in [0.25, 0.3) is 0 Å². The highest BCUT2D eigenvalue weighted by Gasteiger charge is 2.32. The van der Waals surface area contributed by atoms with Gasteiger partial charge in [-0.15, -0.1) is 0 Å². The van der Waals surface area contributed by atoms with Gasteiger partial charge in [-0.3, -0.25) is 4.79 Å². The van der Waals surface area contributed by atoms with Crippen LogP contribution in [0.5, 0.6) is 0 Å². The van der Waals surface area contributed by atoms with Crippen LogP contribution in [0.4, 0.5) is 0 Å². The molecule has 3 rings (SSSR count). The number of carbonyl (C=O) groups is 1. The summed E-state index contributed by atoms with van der Waals surface area (Å²) in [7, 11) is 0. The minimum absolute atomic E-state index is 0.148. The molecule has 1 N–H and O–H groups in total. The van der Waals surface area contributed by atoms with E-state index in [-0.39, 0.29) is 5.91 Å². The zero-order valence-electron chi connectivity index (χ0n) is 14.0. The summed E-state index contributed by atoms with van der Waals surface area (Å²) in [4.78, 5) is 14.9. The highest BCUT2D eigenvalue weighted by Crippen LogP contribution is 2.30. The van der Waals surface area contributed by atoms with Gasteiger partial charge < -0.3 is 14.8 Å². The van der Waals surface area contributed by atoms with Gasteiger partial charge in [0.05, 0.1) is 0 Å². The van der Waals surface area contributed by atoms with Crippen LogP contribution in [0.2, 0.25) is 0 Å². The zero-order valence-corrected chi connectivity index (χ0v) is 14.0. The summed E-state index contributed by atoms with van der Waals surface area (Å²) < 4.78 is 2.09. The molecule has 1 aromatic heterocycles. The lowest BCUT2D eigenvalue weighted by Gasteiger charge is -2.44. The summed E-state index contributed by atoms with van der Waals surface area (Å²) in [6.45, 7) is 7.93. The fourth-order valence-electron chi connectivity index (χ4n) is 4.21. The van der Waals surface area contributed by atoms with Gasteiger partial charge in [-0.1, -0.05) is 6.42 Å². The van der Waals surface area contributed by atoms with Crippen LogP contribution in [0.15, 0.2) is 12.1 Å². The molecule has 0 aromatic carbocycles. The van der Waals surface area contributed by atoms with Crippen molar-refractivity contribution in [2.45, 2.75) is 58.5 Å². The topological polar surface area (TPSA) is 37.3 Å². The number of nitrogens with zero attached hydrogens (tertiary/aromatic N) is 2. The van der Waals surface area contributed by atoms with E-state index in [4.69, 9.17) is 0 Å². The third-order valence-electron chi connectivity index (χ3n) is 5.51. The van der Waals surface area contributed by atoms with Crippen molar-refractivity contribution >= 4 is 5.91 Å². The van der Waals surface area contributed by atoms with Crippen molar-refractivity contribution in [3.05, 3.63) is 23.5 Å². The molecule has 22 heavy (non-hydrogen) atoms. The number of hydrogen-bond donors (Lipinski definition) is 1. The van der Waals surface area contributed by atoms with Gasteiger partial charge in [0, 0.05) is 24.0 Å². The Kier molecular flexibility index (Phi) is 4.87. The van der Waals surface area contributed by atoms with E-state index < -0.39 is 0 Å². The Labute approximate surface area is 133 Å². The van der Waals surface area contributed by atoms with Crippen LogP contribution in [0.3, 0.4) is 0 Å². The van der Waals surface area contributed by atoms with Crippen molar-refractivity contribution in [1.82, 2.24) is 14.8 Å². The Hall–Kier alpha value is -1.29. The summed E-state index contributed by atoms with van der Waals surface area (Å²) in [5, 5.41) is 3.19. The molecule has 0 radical (unpaired) electrons. The van der Waals surface area contributed by atoms with Crippen LogP contribution in [0.1, 0.15) is 43.5 Å². The molecule has 2 aliphatic rings. The Morgan fingerprint density at radius 2 is 1.86 bits per heavy atom. The van der Waals surface area contributed by atoms with Crippen LogP contribution < -0.4 is 5.32 Å². The number of piperidine rings is 2. The van der Waals surface area contributed by atoms with Gasteiger partial charge in [0.15, 0.2) is 0 Å². The number of aromatic nitrogens is 1. The van der Waals surface area contributed by atoms with Crippen LogP contribution in [-0.4, -0.2) is 41.1 Å². The van der Waals surface area contributed by atoms with Crippen LogP contribution in [0.25, 0.3) is 0 Å². The standard InChI is InChI=1S/C18H29N3O/c1-14-8-9-15(2)21(14)13-18(22)19-12-16-6-5-11-20-10-4-3-7-17(16)20/h8-9,16-17H,3-7,10-13H2,1-2H3,(H,19,22). The Balaban J connectivity index is 1.52. The van der Waals surface area contributed by atoms with E-state index in [1.165, 1.54) is 45.2 Å². The molecule has 122 valence electrons. The molecular weight excluding hydrogens is 274 g/mol. The zero-order chi connectivity index (χ0) is 15.5. The van der Waals surface area contributed by atoms with Crippen molar-refractivity contribution in [3.63, 3.8) is 0 Å². The Morgan fingerprint density at radius 3 is 2.64 bits per heavy atom. The van der Waals surface area contributed by atoms with Gasteiger partial charge in [0.2, 0.25) is 5.91 Å². The maximum atomic E-state index is 12.3. The second kappa shape index (κ2) is 6.86. The molecule has 3 heterocycles. The van der Waals surface area contributed by atoms with E-state index in [9.17, 15) is 4.79 Å². The summed E-state index contributed by atoms with van der Waals surface area (Å²) in [5.74, 6) is 0.792. The lowest BCUT2D eigenvalue weighted by atomic mass is 9.83. The highest BCUT2D eigenvalue weighted by molar-refractivity contribution is 5.75. The fourth-order valence-corrected chi connectivity index (χ4v) is 4.21. The lowest BCUT2D eigenvalue weighted by Crippen LogP contribution is -2.51. The molecule has 4 heteroatoms. The van der Waals surface area contributed by atoms with Crippen molar-refractivity contribution in [2.75, 3.05) is 19.6 Å². The average Bonchev–Trinajstić information content (AvgIpc) is 2.85. The molecule has 1 amide bonds. The van der Waals surface area contributed by atoms with E-state index >= 15 is 0 Å². The predicted octanol–water partition coefficient (Wildman–Crippen LogP) is 2.49. The molecule has 4 nitrogen and oxygen atoms in total. The summed E-state index contributed by atoms with van der Waals surface area (Å²) in [6.07, 6.45) is 6.57. The van der Waals surface area contributed by atoms with E-state index in [1.807, 2.05) is 0 Å². The van der Waals surface area contributed by atoms with Crippen molar-refractivity contribution in [1.29, 1.82) is 0 Å². The van der Waals surface area contributed by atoms with Gasteiger partial charge in [-0.2, -0.15) is 0 Å². The lowest BCUT2D eigenvalue weighted by molar-refractivity contribution is -0.122. The van der Waals surface area contributed by atoms with Gasteiger partial charge >= 0.3 is 0 Å². The summed E-state index contributed by atoms with van der Waals surface area (Å²) in [6, 6.07) is 4.85. The molecule has 0 spiro atoms. The molecule has 2 unspecified atom stereocenters. The fraction of sp³-hybridized carbons (Fsp3) is 0.722. The number of nitrogens with one attached hydrogen (secondary N) is 1. The molecule has 0 saturated carbocycles. The molecule has 1 aromatic rings. The molecule has 2 atom stereocenters. The van der Waals surface area contributed by atoms with Crippen LogP contribution in [0, 0.1) is 19.8 Å². The third kappa shape index (κ3) is 3.37. The van der Waals surface area contributed by atoms with Gasteiger partial charge in [-0.25, -0.2) is 0 Å². The van der Waals surface area contributed by atoms with E-state index in [0.717, 1.165) is 17.9 Å². The number of aryl methyl sites for hydroxylation is 2. The molecule has 0 aliphatic carbocycles. The van der Waals surface area contributed by atoms with Gasteiger partial charge in [0.1, 0.15) is 6.54 Å². The maximum absolute atomic E-state index is 12.3. The smallest absolute Gasteiger partial charge is 0.239 e. The van der Waals surface area contributed by atoms with Crippen molar-refractivity contribution in [2.24, 2.45) is 5.92 Å². The normalized spacial score (nSPS) is 25.7. The maximum Gasteiger partial charge on any atom is 0.239 e. The number of carbonyl (C=O) groups excluding carboxylic acids is 1. The van der Waals surface area contributed by atoms with Gasteiger partial charge in [-0.05, 0) is 70.7 Å². The second-order valence-electron chi connectivity index (χ2n) is 7.01. The van der Waals surface area contributed by atoms with Crippen molar-refractivity contribution in [3.8, 4) is 0 Å². The molecular formula is C18H29N3O. The second-order valence-corrected chi connectivity index (χ2v) is 7.01. The molecule has 0 bridgehead atoms. The van der Waals surface area contributed by atoms with Crippen LogP contribution in [-0.2, 0) is 11.3 Å². The number of amides is 1. The first-order valence-electron chi connectivity index (χ1n) is 8.78. The largest absolute Gasteiger partial charge is 0.354 e. The SMILES string of the molecule is Cc1ccc(C)n1CC(=O)NCC1CCCN2CCCCC12. The number of rotatable bonds is 4. The molecule has 2 aliphatic heterocycles. The predicted molar refractivity (Wildman–Crippen MR) is 88.9 cm³/mol. The van der Waals surface area contributed by atoms with E-state index in [2.05, 4.69) is 40.8 Å². The highest BCUT2D eigenvalue weighted by atomic mass is 16.1. The van der Waals surface area contributed by atoms with E-state index in [0.29, 0.717) is 18.5 Å². The average molecular weight is 303 g/mol. The van der Waals surface area contributed by atoms with Crippen molar-refractivity contribution < 1.29 is 4.79 Å². The molecule has 2 saturated heterocycles. The minimum atomic E-state index is 0.148. The van der Waals surface area contributed by atoms with Crippen LogP contribution >= 0.6 is 0 Å². The quantitative estimate of drug-likeness (QED) is 0.928. The summed E-state index contributed by atoms with van der Waals surface area (Å²) >= 11 is 0. The first-order valence-corrected chi connectivity index (χ1v) is 8.78. The minimum Gasteiger partial charge on any atom is -0.354 e. The summed E-state index contributed by atoms with van der Waals surface area (Å²) in [5.41, 5.74) is 2.31. The Bertz CT molecular complexity index is 501. The third-order valence-corrected chi connectivity index (χ3v) is 5.51.